The number of alkyl halides is 3. The SMILES string of the molecule is Nc1nc(N)c(C/C(=N/O)C(F)(F)F)c(=O)[nH]1. The smallest absolute Gasteiger partial charge is 0.411 e. The van der Waals surface area contributed by atoms with Crippen molar-refractivity contribution in [2.75, 3.05) is 11.5 Å². The van der Waals surface area contributed by atoms with Crippen molar-refractivity contribution in [2.24, 2.45) is 5.16 Å². The van der Waals surface area contributed by atoms with Crippen LogP contribution in [0.1, 0.15) is 5.56 Å². The van der Waals surface area contributed by atoms with Crippen LogP contribution in [0.5, 0.6) is 0 Å². The molecule has 0 saturated carbocycles. The minimum absolute atomic E-state index is 0.314. The van der Waals surface area contributed by atoms with Crippen LogP contribution in [0.15, 0.2) is 9.95 Å². The molecule has 0 bridgehead atoms. The minimum atomic E-state index is -4.87. The largest absolute Gasteiger partial charge is 0.433 e. The molecular formula is C7H8F3N5O2. The van der Waals surface area contributed by atoms with Gasteiger partial charge < -0.3 is 16.7 Å². The predicted molar refractivity (Wildman–Crippen MR) is 52.7 cm³/mol. The molecule has 1 aromatic heterocycles. The average Bonchev–Trinajstić information content (AvgIpc) is 2.14. The molecule has 7 nitrogen and oxygen atoms in total. The molecule has 0 fully saturated rings. The maximum Gasteiger partial charge on any atom is 0.433 e. The predicted octanol–water partition coefficient (Wildman–Crippen LogP) is -0.131. The zero-order valence-electron chi connectivity index (χ0n) is 8.25. The first-order valence-corrected chi connectivity index (χ1v) is 4.18. The molecule has 0 radical (unpaired) electrons. The first-order valence-electron chi connectivity index (χ1n) is 4.18. The van der Waals surface area contributed by atoms with Gasteiger partial charge in [0.2, 0.25) is 5.95 Å². The van der Waals surface area contributed by atoms with E-state index in [1.54, 1.807) is 0 Å². The molecule has 6 N–H and O–H groups in total. The van der Waals surface area contributed by atoms with Gasteiger partial charge in [0.15, 0.2) is 5.71 Å². The highest BCUT2D eigenvalue weighted by Gasteiger charge is 2.37. The molecule has 0 amide bonds. The number of halogens is 3. The number of anilines is 2. The molecule has 1 heterocycles. The molecule has 0 aliphatic carbocycles. The number of rotatable bonds is 2. The van der Waals surface area contributed by atoms with Crippen LogP contribution in [0.3, 0.4) is 0 Å². The van der Waals surface area contributed by atoms with E-state index in [4.69, 9.17) is 16.7 Å². The molecule has 94 valence electrons. The van der Waals surface area contributed by atoms with E-state index in [1.807, 2.05) is 4.98 Å². The van der Waals surface area contributed by atoms with E-state index in [1.165, 1.54) is 0 Å². The van der Waals surface area contributed by atoms with Crippen molar-refractivity contribution < 1.29 is 18.4 Å². The van der Waals surface area contributed by atoms with Crippen molar-refractivity contribution in [3.63, 3.8) is 0 Å². The maximum atomic E-state index is 12.3. The summed E-state index contributed by atoms with van der Waals surface area (Å²) in [6.45, 7) is 0. The zero-order chi connectivity index (χ0) is 13.2. The second-order valence-corrected chi connectivity index (χ2v) is 3.04. The van der Waals surface area contributed by atoms with Crippen LogP contribution < -0.4 is 17.0 Å². The summed E-state index contributed by atoms with van der Waals surface area (Å²) in [6, 6.07) is 0. The van der Waals surface area contributed by atoms with Crippen LogP contribution in [0.4, 0.5) is 24.9 Å². The molecule has 0 aliphatic heterocycles. The Morgan fingerprint density at radius 3 is 2.47 bits per heavy atom. The summed E-state index contributed by atoms with van der Waals surface area (Å²) in [6.07, 6.45) is -5.86. The fourth-order valence-corrected chi connectivity index (χ4v) is 1.06. The lowest BCUT2D eigenvalue weighted by Crippen LogP contribution is -2.29. The second-order valence-electron chi connectivity index (χ2n) is 3.04. The van der Waals surface area contributed by atoms with Gasteiger partial charge in [0.25, 0.3) is 5.56 Å². The van der Waals surface area contributed by atoms with Gasteiger partial charge in [-0.15, -0.1) is 0 Å². The lowest BCUT2D eigenvalue weighted by Gasteiger charge is -2.09. The van der Waals surface area contributed by atoms with Crippen molar-refractivity contribution in [1.82, 2.24) is 9.97 Å². The third-order valence-electron chi connectivity index (χ3n) is 1.86. The van der Waals surface area contributed by atoms with Gasteiger partial charge in [-0.05, 0) is 0 Å². The summed E-state index contributed by atoms with van der Waals surface area (Å²) in [5.74, 6) is -0.762. The van der Waals surface area contributed by atoms with E-state index < -0.39 is 35.2 Å². The van der Waals surface area contributed by atoms with E-state index in [0.717, 1.165) is 0 Å². The Kier molecular flexibility index (Phi) is 3.25. The van der Waals surface area contributed by atoms with Crippen molar-refractivity contribution >= 4 is 17.5 Å². The first kappa shape index (κ1) is 12.8. The topological polar surface area (TPSA) is 130 Å². The summed E-state index contributed by atoms with van der Waals surface area (Å²) >= 11 is 0. The zero-order valence-corrected chi connectivity index (χ0v) is 8.25. The van der Waals surface area contributed by atoms with Crippen LogP contribution in [-0.4, -0.2) is 27.1 Å². The van der Waals surface area contributed by atoms with Crippen LogP contribution >= 0.6 is 0 Å². The number of nitrogens with zero attached hydrogens (tertiary/aromatic N) is 2. The summed E-state index contributed by atoms with van der Waals surface area (Å²) in [5.41, 5.74) is 7.44. The number of H-pyrrole nitrogens is 1. The molecule has 0 spiro atoms. The molecule has 0 aliphatic rings. The molecule has 0 saturated heterocycles. The van der Waals surface area contributed by atoms with Gasteiger partial charge in [0.05, 0.1) is 5.56 Å². The molecule has 1 rings (SSSR count). The Balaban J connectivity index is 3.17. The Morgan fingerprint density at radius 1 is 1.47 bits per heavy atom. The summed E-state index contributed by atoms with van der Waals surface area (Å²) < 4.78 is 36.8. The number of aromatic amines is 1. The van der Waals surface area contributed by atoms with Gasteiger partial charge in [-0.1, -0.05) is 5.16 Å². The Bertz CT molecular complexity index is 507. The fourth-order valence-electron chi connectivity index (χ4n) is 1.06. The van der Waals surface area contributed by atoms with Crippen molar-refractivity contribution in [3.8, 4) is 0 Å². The van der Waals surface area contributed by atoms with Gasteiger partial charge in [-0.25, -0.2) is 0 Å². The lowest BCUT2D eigenvalue weighted by atomic mass is 10.1. The molecule has 0 atom stereocenters. The monoisotopic (exact) mass is 251 g/mol. The highest BCUT2D eigenvalue weighted by molar-refractivity contribution is 5.91. The number of nitrogen functional groups attached to an aromatic ring is 2. The van der Waals surface area contributed by atoms with E-state index in [9.17, 15) is 18.0 Å². The van der Waals surface area contributed by atoms with Gasteiger partial charge in [-0.3, -0.25) is 9.78 Å². The standard InChI is InChI=1S/C7H8F3N5O2/c8-7(9,10)3(15-17)1-2-4(11)13-6(12)14-5(2)16/h17H,1H2,(H5,11,12,13,14,16)/b15-3-. The number of aromatic nitrogens is 2. The third-order valence-corrected chi connectivity index (χ3v) is 1.86. The quantitative estimate of drug-likeness (QED) is 0.330. The second kappa shape index (κ2) is 4.31. The number of nitrogens with two attached hydrogens (primary N) is 2. The van der Waals surface area contributed by atoms with E-state index >= 15 is 0 Å². The Hall–Kier alpha value is -2.26. The van der Waals surface area contributed by atoms with Crippen LogP contribution in [0.2, 0.25) is 0 Å². The number of nitrogens with one attached hydrogen (secondary N) is 1. The van der Waals surface area contributed by atoms with Gasteiger partial charge in [0, 0.05) is 6.42 Å². The van der Waals surface area contributed by atoms with Crippen LogP contribution in [0, 0.1) is 0 Å². The normalized spacial score (nSPS) is 12.8. The van der Waals surface area contributed by atoms with Crippen molar-refractivity contribution in [3.05, 3.63) is 15.9 Å². The Morgan fingerprint density at radius 2 is 2.06 bits per heavy atom. The number of hydrogen-bond acceptors (Lipinski definition) is 6. The maximum absolute atomic E-state index is 12.3. The van der Waals surface area contributed by atoms with Gasteiger partial charge in [0.1, 0.15) is 5.82 Å². The first-order chi connectivity index (χ1) is 7.75. The highest BCUT2D eigenvalue weighted by atomic mass is 19.4. The van der Waals surface area contributed by atoms with E-state index in [0.29, 0.717) is 0 Å². The van der Waals surface area contributed by atoms with Crippen LogP contribution in [-0.2, 0) is 6.42 Å². The van der Waals surface area contributed by atoms with Gasteiger partial charge in [-0.2, -0.15) is 18.2 Å². The number of hydrogen-bond donors (Lipinski definition) is 4. The van der Waals surface area contributed by atoms with Crippen molar-refractivity contribution in [1.29, 1.82) is 0 Å². The third kappa shape index (κ3) is 2.86. The molecule has 1 aromatic rings. The highest BCUT2D eigenvalue weighted by Crippen LogP contribution is 2.20. The summed E-state index contributed by atoms with van der Waals surface area (Å²) in [5, 5.41) is 10.3. The molecule has 0 unspecified atom stereocenters. The summed E-state index contributed by atoms with van der Waals surface area (Å²) in [4.78, 5) is 16.7. The minimum Gasteiger partial charge on any atom is -0.411 e. The van der Waals surface area contributed by atoms with E-state index in [2.05, 4.69) is 10.1 Å². The average molecular weight is 251 g/mol. The summed E-state index contributed by atoms with van der Waals surface area (Å²) in [7, 11) is 0. The number of oxime groups is 1. The molecular weight excluding hydrogens is 243 g/mol. The fraction of sp³-hybridized carbons (Fsp3) is 0.286. The molecule has 10 heteroatoms. The van der Waals surface area contributed by atoms with Crippen molar-refractivity contribution in [2.45, 2.75) is 12.6 Å². The van der Waals surface area contributed by atoms with Crippen LogP contribution in [0.25, 0.3) is 0 Å². The Labute approximate surface area is 91.9 Å². The van der Waals surface area contributed by atoms with E-state index in [-0.39, 0.29) is 5.95 Å². The molecule has 0 aromatic carbocycles. The van der Waals surface area contributed by atoms with Gasteiger partial charge >= 0.3 is 6.18 Å². The lowest BCUT2D eigenvalue weighted by molar-refractivity contribution is -0.0622. The molecule has 17 heavy (non-hydrogen) atoms.